The highest BCUT2D eigenvalue weighted by Gasteiger charge is 2.41. The van der Waals surface area contributed by atoms with Gasteiger partial charge in [0.1, 0.15) is 11.4 Å². The molecule has 5 nitrogen and oxygen atoms in total. The van der Waals surface area contributed by atoms with Crippen LogP contribution in [0.4, 0.5) is 11.4 Å². The second kappa shape index (κ2) is 9.33. The first-order chi connectivity index (χ1) is 15.9. The van der Waals surface area contributed by atoms with Gasteiger partial charge in [-0.3, -0.25) is 9.59 Å². The van der Waals surface area contributed by atoms with Crippen molar-refractivity contribution in [3.05, 3.63) is 95.2 Å². The predicted octanol–water partition coefficient (Wildman–Crippen LogP) is 5.74. The van der Waals surface area contributed by atoms with Crippen molar-refractivity contribution in [2.75, 3.05) is 10.2 Å². The van der Waals surface area contributed by atoms with Gasteiger partial charge < -0.3 is 10.1 Å². The van der Waals surface area contributed by atoms with Crippen molar-refractivity contribution in [3.63, 3.8) is 0 Å². The summed E-state index contributed by atoms with van der Waals surface area (Å²) in [6, 6.07) is 22.6. The third-order valence-electron chi connectivity index (χ3n) is 5.52. The summed E-state index contributed by atoms with van der Waals surface area (Å²) in [7, 11) is 0. The Balaban J connectivity index is 1.80. The van der Waals surface area contributed by atoms with E-state index in [-0.39, 0.29) is 17.7 Å². The molecule has 1 aliphatic rings. The summed E-state index contributed by atoms with van der Waals surface area (Å²) in [6.45, 7) is 7.90. The smallest absolute Gasteiger partial charge is 0.282 e. The van der Waals surface area contributed by atoms with Crippen LogP contribution >= 0.6 is 0 Å². The van der Waals surface area contributed by atoms with E-state index in [0.29, 0.717) is 22.6 Å². The maximum Gasteiger partial charge on any atom is 0.282 e. The molecule has 0 fully saturated rings. The molecular weight excluding hydrogens is 412 g/mol. The molecule has 1 heterocycles. The number of amides is 2. The fourth-order valence-electron chi connectivity index (χ4n) is 3.82. The van der Waals surface area contributed by atoms with Gasteiger partial charge in [0, 0.05) is 5.69 Å². The fraction of sp³-hybridized carbons (Fsp3) is 0.214. The van der Waals surface area contributed by atoms with Crippen molar-refractivity contribution < 1.29 is 14.3 Å². The average Bonchev–Trinajstić information content (AvgIpc) is 3.04. The summed E-state index contributed by atoms with van der Waals surface area (Å²) in [5.41, 5.74) is 4.75. The van der Waals surface area contributed by atoms with Crippen LogP contribution in [0, 0.1) is 6.92 Å². The highest BCUT2D eigenvalue weighted by molar-refractivity contribution is 6.46. The Hall–Kier alpha value is -3.86. The van der Waals surface area contributed by atoms with Crippen molar-refractivity contribution in [2.45, 2.75) is 40.2 Å². The van der Waals surface area contributed by atoms with Gasteiger partial charge in [-0.05, 0) is 62.6 Å². The molecule has 1 aliphatic heterocycles. The molecule has 0 saturated carbocycles. The number of rotatable bonds is 7. The SMILES string of the molecule is CCc1ccc(NC2=C(c3ccc(C)cc3)C(=O)N(c3ccccc3OC(C)C)C2=O)cc1. The van der Waals surface area contributed by atoms with E-state index in [0.717, 1.165) is 17.7 Å². The monoisotopic (exact) mass is 440 g/mol. The van der Waals surface area contributed by atoms with Crippen molar-refractivity contribution in [1.29, 1.82) is 0 Å². The fourth-order valence-corrected chi connectivity index (χ4v) is 3.82. The third kappa shape index (κ3) is 4.53. The number of para-hydroxylation sites is 2. The van der Waals surface area contributed by atoms with Gasteiger partial charge in [-0.2, -0.15) is 0 Å². The van der Waals surface area contributed by atoms with E-state index >= 15 is 0 Å². The maximum atomic E-state index is 13.7. The largest absolute Gasteiger partial charge is 0.489 e. The number of carbonyl (C=O) groups is 2. The molecule has 0 bridgehead atoms. The minimum atomic E-state index is -0.407. The number of aryl methyl sites for hydroxylation is 2. The Morgan fingerprint density at radius 1 is 0.879 bits per heavy atom. The molecule has 168 valence electrons. The summed E-state index contributed by atoms with van der Waals surface area (Å²) in [5, 5.41) is 3.22. The lowest BCUT2D eigenvalue weighted by molar-refractivity contribution is -0.120. The zero-order valence-electron chi connectivity index (χ0n) is 19.4. The molecule has 2 amide bonds. The maximum absolute atomic E-state index is 13.7. The number of anilines is 2. The standard InChI is InChI=1S/C28H28N2O3/c1-5-20-12-16-22(17-13-20)29-26-25(21-14-10-19(4)11-15-21)27(31)30(28(26)32)23-8-6-7-9-24(23)33-18(2)3/h6-18,29H,5H2,1-4H3. The summed E-state index contributed by atoms with van der Waals surface area (Å²) >= 11 is 0. The van der Waals surface area contributed by atoms with Crippen LogP contribution in [0.2, 0.25) is 0 Å². The molecule has 3 aromatic carbocycles. The lowest BCUT2D eigenvalue weighted by atomic mass is 10.0. The van der Waals surface area contributed by atoms with Crippen molar-refractivity contribution in [2.24, 2.45) is 0 Å². The number of ether oxygens (including phenoxy) is 1. The molecule has 4 rings (SSSR count). The van der Waals surface area contributed by atoms with Crippen molar-refractivity contribution in [3.8, 4) is 5.75 Å². The number of hydrogen-bond donors (Lipinski definition) is 1. The summed E-state index contributed by atoms with van der Waals surface area (Å²) < 4.78 is 5.91. The van der Waals surface area contributed by atoms with Crippen molar-refractivity contribution in [1.82, 2.24) is 0 Å². The number of carbonyl (C=O) groups excluding carboxylic acids is 2. The van der Waals surface area contributed by atoms with Crippen LogP contribution in [0.3, 0.4) is 0 Å². The zero-order chi connectivity index (χ0) is 23.5. The molecule has 5 heteroatoms. The van der Waals surface area contributed by atoms with E-state index in [1.807, 2.05) is 75.4 Å². The van der Waals surface area contributed by atoms with Gasteiger partial charge in [0.15, 0.2) is 0 Å². The van der Waals surface area contributed by atoms with Gasteiger partial charge in [-0.25, -0.2) is 4.90 Å². The average molecular weight is 441 g/mol. The minimum Gasteiger partial charge on any atom is -0.489 e. The highest BCUT2D eigenvalue weighted by atomic mass is 16.5. The van der Waals surface area contributed by atoms with Crippen LogP contribution < -0.4 is 15.0 Å². The summed E-state index contributed by atoms with van der Waals surface area (Å²) in [5.74, 6) is -0.294. The van der Waals surface area contributed by atoms with Gasteiger partial charge in [0.05, 0.1) is 17.4 Å². The van der Waals surface area contributed by atoms with E-state index in [9.17, 15) is 9.59 Å². The second-order valence-electron chi connectivity index (χ2n) is 8.37. The summed E-state index contributed by atoms with van der Waals surface area (Å²) in [4.78, 5) is 28.6. The first kappa shape index (κ1) is 22.3. The predicted molar refractivity (Wildman–Crippen MR) is 132 cm³/mol. The Labute approximate surface area is 194 Å². The van der Waals surface area contributed by atoms with Crippen LogP contribution in [0.25, 0.3) is 5.57 Å². The topological polar surface area (TPSA) is 58.6 Å². The second-order valence-corrected chi connectivity index (χ2v) is 8.37. The van der Waals surface area contributed by atoms with E-state index in [2.05, 4.69) is 12.2 Å². The molecule has 0 saturated heterocycles. The number of nitrogens with one attached hydrogen (secondary N) is 1. The van der Waals surface area contributed by atoms with Gasteiger partial charge in [-0.1, -0.05) is 61.0 Å². The van der Waals surface area contributed by atoms with Crippen LogP contribution in [0.1, 0.15) is 37.5 Å². The lowest BCUT2D eigenvalue weighted by Crippen LogP contribution is -2.33. The number of hydrogen-bond acceptors (Lipinski definition) is 4. The first-order valence-electron chi connectivity index (χ1n) is 11.2. The van der Waals surface area contributed by atoms with Gasteiger partial charge >= 0.3 is 0 Å². The van der Waals surface area contributed by atoms with Gasteiger partial charge in [0.2, 0.25) is 0 Å². The Morgan fingerprint density at radius 2 is 1.55 bits per heavy atom. The Bertz CT molecular complexity index is 1210. The van der Waals surface area contributed by atoms with Crippen LogP contribution in [0.5, 0.6) is 5.75 Å². The molecule has 3 aromatic rings. The molecule has 0 spiro atoms. The van der Waals surface area contributed by atoms with E-state index in [1.165, 1.54) is 10.5 Å². The molecule has 0 aliphatic carbocycles. The van der Waals surface area contributed by atoms with Crippen LogP contribution in [-0.4, -0.2) is 17.9 Å². The van der Waals surface area contributed by atoms with Crippen molar-refractivity contribution >= 4 is 28.8 Å². The van der Waals surface area contributed by atoms with E-state index in [4.69, 9.17) is 4.74 Å². The number of nitrogens with zero attached hydrogens (tertiary/aromatic N) is 1. The molecule has 1 N–H and O–H groups in total. The molecule has 0 unspecified atom stereocenters. The molecule has 33 heavy (non-hydrogen) atoms. The number of imide groups is 1. The molecule has 0 aromatic heterocycles. The first-order valence-corrected chi connectivity index (χ1v) is 11.2. The lowest BCUT2D eigenvalue weighted by Gasteiger charge is -2.20. The molecule has 0 radical (unpaired) electrons. The highest BCUT2D eigenvalue weighted by Crippen LogP contribution is 2.38. The van der Waals surface area contributed by atoms with Crippen LogP contribution in [-0.2, 0) is 16.0 Å². The van der Waals surface area contributed by atoms with Gasteiger partial charge in [0.25, 0.3) is 11.8 Å². The third-order valence-corrected chi connectivity index (χ3v) is 5.52. The van der Waals surface area contributed by atoms with E-state index in [1.54, 1.807) is 18.2 Å². The van der Waals surface area contributed by atoms with E-state index < -0.39 is 5.91 Å². The molecule has 0 atom stereocenters. The van der Waals surface area contributed by atoms with Gasteiger partial charge in [-0.15, -0.1) is 0 Å². The zero-order valence-corrected chi connectivity index (χ0v) is 19.4. The Morgan fingerprint density at radius 3 is 2.18 bits per heavy atom. The normalized spacial score (nSPS) is 13.8. The number of benzene rings is 3. The Kier molecular flexibility index (Phi) is 6.31. The quantitative estimate of drug-likeness (QED) is 0.476. The summed E-state index contributed by atoms with van der Waals surface area (Å²) in [6.07, 6.45) is 0.827. The molecular formula is C28H28N2O3. The minimum absolute atomic E-state index is 0.0989. The van der Waals surface area contributed by atoms with Crippen LogP contribution in [0.15, 0.2) is 78.5 Å².